The van der Waals surface area contributed by atoms with Gasteiger partial charge in [0.05, 0.1) is 17.5 Å². The Hall–Kier alpha value is -3.70. The molecule has 0 aliphatic carbocycles. The normalized spacial score (nSPS) is 19.3. The molecule has 4 rings (SSSR count). The van der Waals surface area contributed by atoms with E-state index >= 15 is 0 Å². The first-order valence-corrected chi connectivity index (χ1v) is 20.6. The number of alkyl halides is 3. The quantitative estimate of drug-likeness (QED) is 0.176. The number of piperidine rings is 1. The van der Waals surface area contributed by atoms with Gasteiger partial charge in [-0.25, -0.2) is 4.98 Å². The second kappa shape index (κ2) is 19.4. The number of carboxylic acids is 1. The van der Waals surface area contributed by atoms with Gasteiger partial charge in [0.25, 0.3) is 5.91 Å². The fourth-order valence-corrected chi connectivity index (χ4v) is 8.73. The smallest absolute Gasteiger partial charge is 0.416 e. The van der Waals surface area contributed by atoms with Crippen LogP contribution in [0.5, 0.6) is 0 Å². The topological polar surface area (TPSA) is 158 Å². The number of hydrogen-bond donors (Lipinski definition) is 3. The Kier molecular flexibility index (Phi) is 15.6. The van der Waals surface area contributed by atoms with Crippen molar-refractivity contribution in [3.05, 3.63) is 51.5 Å². The lowest BCUT2D eigenvalue weighted by Gasteiger charge is -2.40. The van der Waals surface area contributed by atoms with Crippen LogP contribution in [0.1, 0.15) is 92.5 Å². The van der Waals surface area contributed by atoms with E-state index in [0.717, 1.165) is 60.8 Å². The lowest BCUT2D eigenvalue weighted by molar-refractivity contribution is -0.149. The number of ether oxygens (including phenoxy) is 1. The summed E-state index contributed by atoms with van der Waals surface area (Å²) in [5.41, 5.74) is -0.363. The van der Waals surface area contributed by atoms with Gasteiger partial charge in [-0.15, -0.1) is 11.3 Å². The highest BCUT2D eigenvalue weighted by Gasteiger charge is 2.41. The van der Waals surface area contributed by atoms with Crippen LogP contribution in [0.15, 0.2) is 29.6 Å². The fourth-order valence-electron chi connectivity index (χ4n) is 7.00. The van der Waals surface area contributed by atoms with Crippen molar-refractivity contribution in [3.8, 4) is 0 Å². The van der Waals surface area contributed by atoms with Gasteiger partial charge in [-0.3, -0.25) is 28.9 Å². The van der Waals surface area contributed by atoms with E-state index in [2.05, 4.69) is 15.6 Å². The van der Waals surface area contributed by atoms with Crippen molar-refractivity contribution in [1.29, 1.82) is 0 Å². The van der Waals surface area contributed by atoms with E-state index in [9.17, 15) is 42.3 Å². The van der Waals surface area contributed by atoms with Gasteiger partial charge in [0, 0.05) is 43.8 Å². The third kappa shape index (κ3) is 12.1. The largest absolute Gasteiger partial charge is 0.481 e. The zero-order valence-electron chi connectivity index (χ0n) is 32.1. The molecule has 304 valence electrons. The highest BCUT2D eigenvalue weighted by atomic mass is 32.2. The summed E-state index contributed by atoms with van der Waals surface area (Å²) in [6.07, 6.45) is -2.51. The van der Waals surface area contributed by atoms with Crippen LogP contribution in [-0.4, -0.2) is 106 Å². The van der Waals surface area contributed by atoms with E-state index in [0.29, 0.717) is 10.6 Å². The van der Waals surface area contributed by atoms with Crippen molar-refractivity contribution >= 4 is 52.8 Å². The number of likely N-dealkylation sites (tertiary alicyclic amines) is 1. The second-order valence-corrected chi connectivity index (χ2v) is 17.0. The standard InChI is InChI=1S/C38H52F3N5O7S2/c1-21(2)30(46(6)36(50)32(25-18-54-19-25)44-34(49)29-9-7-8-14-45(29)5)17-31(53-23(4)47)35-43-28(20-55-35)33(48)42-27(15-22(3)37(51)52)16-24-10-12-26(13-11-24)38(39,40)41/h10-13,20-22,25,27,29-32H,7-9,14-19H2,1-6H3,(H,42,48)(H,44,49)(H,51,52)/t22-,27+,29+,30+,31+,32-/m0/s1. The number of aromatic nitrogens is 1. The number of carbonyl (C=O) groups excluding carboxylic acids is 4. The van der Waals surface area contributed by atoms with Crippen LogP contribution >= 0.6 is 23.1 Å². The highest BCUT2D eigenvalue weighted by Crippen LogP contribution is 2.34. The summed E-state index contributed by atoms with van der Waals surface area (Å²) in [5.74, 6) is -2.19. The van der Waals surface area contributed by atoms with Gasteiger partial charge in [-0.05, 0) is 74.4 Å². The van der Waals surface area contributed by atoms with Crippen molar-refractivity contribution in [2.45, 2.75) is 103 Å². The number of likely N-dealkylation sites (N-methyl/N-ethyl adjacent to an activating group) is 2. The summed E-state index contributed by atoms with van der Waals surface area (Å²) in [6, 6.07) is 2.24. The Morgan fingerprint density at radius 2 is 1.73 bits per heavy atom. The van der Waals surface area contributed by atoms with Gasteiger partial charge in [0.2, 0.25) is 11.8 Å². The zero-order valence-corrected chi connectivity index (χ0v) is 33.7. The lowest BCUT2D eigenvalue weighted by Crippen LogP contribution is -2.60. The van der Waals surface area contributed by atoms with Gasteiger partial charge in [-0.2, -0.15) is 24.9 Å². The first-order valence-electron chi connectivity index (χ1n) is 18.5. The summed E-state index contributed by atoms with van der Waals surface area (Å²) in [5, 5.41) is 17.2. The summed E-state index contributed by atoms with van der Waals surface area (Å²) in [4.78, 5) is 73.3. The number of hydrogen-bond acceptors (Lipinski definition) is 10. The third-order valence-corrected chi connectivity index (χ3v) is 12.6. The maximum absolute atomic E-state index is 14.2. The van der Waals surface area contributed by atoms with E-state index in [1.165, 1.54) is 31.4 Å². The zero-order chi connectivity index (χ0) is 40.6. The van der Waals surface area contributed by atoms with E-state index in [-0.39, 0.29) is 54.6 Å². The van der Waals surface area contributed by atoms with E-state index in [4.69, 9.17) is 4.74 Å². The Morgan fingerprint density at radius 1 is 1.05 bits per heavy atom. The predicted molar refractivity (Wildman–Crippen MR) is 203 cm³/mol. The Labute approximate surface area is 328 Å². The number of nitrogens with zero attached hydrogens (tertiary/aromatic N) is 3. The molecule has 0 saturated carbocycles. The molecule has 2 aromatic rings. The number of aliphatic carboxylic acids is 1. The molecule has 2 aliphatic rings. The molecule has 2 fully saturated rings. The van der Waals surface area contributed by atoms with Crippen LogP contribution in [0.4, 0.5) is 13.2 Å². The first-order chi connectivity index (χ1) is 25.8. The van der Waals surface area contributed by atoms with Gasteiger partial charge < -0.3 is 25.4 Å². The Bertz CT molecular complexity index is 1650. The molecule has 3 heterocycles. The van der Waals surface area contributed by atoms with Crippen molar-refractivity contribution in [2.75, 3.05) is 32.1 Å². The molecule has 2 saturated heterocycles. The minimum absolute atomic E-state index is 0.00391. The van der Waals surface area contributed by atoms with Gasteiger partial charge >= 0.3 is 18.1 Å². The van der Waals surface area contributed by atoms with Gasteiger partial charge in [0.15, 0.2) is 6.10 Å². The maximum atomic E-state index is 14.2. The highest BCUT2D eigenvalue weighted by molar-refractivity contribution is 8.00. The molecule has 1 aromatic carbocycles. The van der Waals surface area contributed by atoms with Crippen LogP contribution in [-0.2, 0) is 36.5 Å². The molecule has 17 heteroatoms. The molecular weight excluding hydrogens is 760 g/mol. The monoisotopic (exact) mass is 811 g/mol. The summed E-state index contributed by atoms with van der Waals surface area (Å²) in [7, 11) is 3.61. The second-order valence-electron chi connectivity index (χ2n) is 15.0. The summed E-state index contributed by atoms with van der Waals surface area (Å²) >= 11 is 2.80. The summed E-state index contributed by atoms with van der Waals surface area (Å²) < 4.78 is 45.1. The van der Waals surface area contributed by atoms with Gasteiger partial charge in [-0.1, -0.05) is 39.3 Å². The molecule has 0 bridgehead atoms. The minimum Gasteiger partial charge on any atom is -0.481 e. The van der Waals surface area contributed by atoms with Gasteiger partial charge in [0.1, 0.15) is 16.7 Å². The number of thioether (sulfide) groups is 1. The maximum Gasteiger partial charge on any atom is 0.416 e. The number of esters is 1. The van der Waals surface area contributed by atoms with Crippen LogP contribution in [0.3, 0.4) is 0 Å². The molecular formula is C38H52F3N5O7S2. The molecule has 3 N–H and O–H groups in total. The number of thiazole rings is 1. The van der Waals surface area contributed by atoms with Crippen molar-refractivity contribution in [1.82, 2.24) is 25.4 Å². The number of nitrogens with one attached hydrogen (secondary N) is 2. The van der Waals surface area contributed by atoms with Crippen molar-refractivity contribution in [3.63, 3.8) is 0 Å². The molecule has 12 nitrogen and oxygen atoms in total. The van der Waals surface area contributed by atoms with Crippen LogP contribution in [0.25, 0.3) is 0 Å². The average Bonchev–Trinajstić information content (AvgIpc) is 3.58. The molecule has 2 aliphatic heterocycles. The molecule has 3 amide bonds. The summed E-state index contributed by atoms with van der Waals surface area (Å²) in [6.45, 7) is 7.43. The van der Waals surface area contributed by atoms with Crippen molar-refractivity contribution in [2.24, 2.45) is 17.8 Å². The molecule has 0 unspecified atom stereocenters. The van der Waals surface area contributed by atoms with Crippen LogP contribution in [0, 0.1) is 17.8 Å². The molecule has 0 spiro atoms. The Morgan fingerprint density at radius 3 is 2.27 bits per heavy atom. The fraction of sp³-hybridized carbons (Fsp3) is 0.632. The number of benzene rings is 1. The van der Waals surface area contributed by atoms with Crippen LogP contribution < -0.4 is 10.6 Å². The first kappa shape index (κ1) is 44.0. The van der Waals surface area contributed by atoms with E-state index in [1.54, 1.807) is 23.7 Å². The molecule has 6 atom stereocenters. The minimum atomic E-state index is -4.52. The molecule has 55 heavy (non-hydrogen) atoms. The Balaban J connectivity index is 1.51. The van der Waals surface area contributed by atoms with Crippen LogP contribution in [0.2, 0.25) is 0 Å². The van der Waals surface area contributed by atoms with E-state index < -0.39 is 59.7 Å². The van der Waals surface area contributed by atoms with E-state index in [1.807, 2.05) is 25.8 Å². The van der Waals surface area contributed by atoms with Crippen molar-refractivity contribution < 1.29 is 47.0 Å². The average molecular weight is 812 g/mol. The third-order valence-electron chi connectivity index (χ3n) is 10.3. The number of halogens is 3. The molecule has 0 radical (unpaired) electrons. The number of amides is 3. The number of carbonyl (C=O) groups is 5. The lowest BCUT2D eigenvalue weighted by atomic mass is 9.93. The SMILES string of the molecule is CC(=O)O[C@H](C[C@H](C(C)C)N(C)C(=O)[C@@H](NC(=O)[C@H]1CCCCN1C)C1CSC1)c1nc(C(=O)N[C@@H](Cc2ccc(C(F)(F)F)cc2)C[C@H](C)C(=O)O)cs1. The number of carboxylic acid groups (broad SMARTS) is 1. The predicted octanol–water partition coefficient (Wildman–Crippen LogP) is 5.42. The number of rotatable bonds is 17. The molecule has 1 aromatic heterocycles.